The molecule has 0 atom stereocenters. The summed E-state index contributed by atoms with van der Waals surface area (Å²) < 4.78 is 27.7. The van der Waals surface area contributed by atoms with Crippen LogP contribution in [0.4, 0.5) is 0 Å². The standard InChI is InChI=1S/C10H8O4S/c1-14-10(11)8-6-15(12,13)9-5-3-2-4-7(8)9/h2-6H,1H3. The highest BCUT2D eigenvalue weighted by molar-refractivity contribution is 7.95. The van der Waals surface area contributed by atoms with Gasteiger partial charge in [-0.2, -0.15) is 0 Å². The molecule has 0 unspecified atom stereocenters. The molecule has 0 amide bonds. The first-order chi connectivity index (χ1) is 7.06. The van der Waals surface area contributed by atoms with Gasteiger partial charge in [0.15, 0.2) is 0 Å². The summed E-state index contributed by atoms with van der Waals surface area (Å²) in [6.45, 7) is 0. The molecule has 4 nitrogen and oxygen atoms in total. The number of ether oxygens (including phenoxy) is 1. The van der Waals surface area contributed by atoms with Gasteiger partial charge in [-0.25, -0.2) is 13.2 Å². The van der Waals surface area contributed by atoms with Gasteiger partial charge in [-0.05, 0) is 6.07 Å². The number of sulfone groups is 1. The predicted molar refractivity (Wildman–Crippen MR) is 53.6 cm³/mol. The summed E-state index contributed by atoms with van der Waals surface area (Å²) in [5, 5.41) is 0.948. The third-order valence-electron chi connectivity index (χ3n) is 2.16. The van der Waals surface area contributed by atoms with E-state index < -0.39 is 15.8 Å². The van der Waals surface area contributed by atoms with Crippen LogP contribution in [0.25, 0.3) is 5.57 Å². The van der Waals surface area contributed by atoms with Gasteiger partial charge in [0.2, 0.25) is 9.84 Å². The fourth-order valence-corrected chi connectivity index (χ4v) is 2.90. The molecular weight excluding hydrogens is 216 g/mol. The van der Waals surface area contributed by atoms with E-state index in [1.807, 2.05) is 0 Å². The van der Waals surface area contributed by atoms with Crippen LogP contribution in [0.2, 0.25) is 0 Å². The highest BCUT2D eigenvalue weighted by Gasteiger charge is 2.30. The lowest BCUT2D eigenvalue weighted by Gasteiger charge is -2.00. The molecule has 1 aliphatic rings. The third-order valence-corrected chi connectivity index (χ3v) is 3.68. The van der Waals surface area contributed by atoms with E-state index in [2.05, 4.69) is 4.74 Å². The van der Waals surface area contributed by atoms with E-state index in [-0.39, 0.29) is 10.5 Å². The monoisotopic (exact) mass is 224 g/mol. The van der Waals surface area contributed by atoms with Crippen LogP contribution in [0.15, 0.2) is 34.6 Å². The lowest BCUT2D eigenvalue weighted by Crippen LogP contribution is -2.01. The van der Waals surface area contributed by atoms with E-state index in [4.69, 9.17) is 0 Å². The van der Waals surface area contributed by atoms with Crippen LogP contribution in [-0.4, -0.2) is 21.5 Å². The molecule has 0 aromatic heterocycles. The summed E-state index contributed by atoms with van der Waals surface area (Å²) in [5.41, 5.74) is 0.498. The van der Waals surface area contributed by atoms with Crippen LogP contribution in [0.5, 0.6) is 0 Å². The van der Waals surface area contributed by atoms with Gasteiger partial charge in [0, 0.05) is 5.56 Å². The smallest absolute Gasteiger partial charge is 0.339 e. The van der Waals surface area contributed by atoms with E-state index in [0.29, 0.717) is 5.56 Å². The first kappa shape index (κ1) is 9.92. The number of hydrogen-bond donors (Lipinski definition) is 0. The number of fused-ring (bicyclic) bond motifs is 1. The zero-order valence-electron chi connectivity index (χ0n) is 7.93. The van der Waals surface area contributed by atoms with Crippen molar-refractivity contribution in [1.82, 2.24) is 0 Å². The summed E-state index contributed by atoms with van der Waals surface area (Å²) in [7, 11) is -2.25. The average molecular weight is 224 g/mol. The van der Waals surface area contributed by atoms with Gasteiger partial charge in [0.25, 0.3) is 0 Å². The molecule has 0 radical (unpaired) electrons. The number of benzene rings is 1. The fourth-order valence-electron chi connectivity index (χ4n) is 1.49. The van der Waals surface area contributed by atoms with Crippen LogP contribution in [0, 0.1) is 0 Å². The van der Waals surface area contributed by atoms with Crippen LogP contribution >= 0.6 is 0 Å². The zero-order chi connectivity index (χ0) is 11.1. The van der Waals surface area contributed by atoms with E-state index in [9.17, 15) is 13.2 Å². The maximum Gasteiger partial charge on any atom is 0.339 e. The molecule has 0 bridgehead atoms. The van der Waals surface area contributed by atoms with E-state index >= 15 is 0 Å². The highest BCUT2D eigenvalue weighted by atomic mass is 32.2. The van der Waals surface area contributed by atoms with Gasteiger partial charge < -0.3 is 4.74 Å². The normalized spacial score (nSPS) is 16.7. The topological polar surface area (TPSA) is 60.4 Å². The Morgan fingerprint density at radius 1 is 1.27 bits per heavy atom. The minimum absolute atomic E-state index is 0.0908. The third kappa shape index (κ3) is 1.45. The molecule has 1 aromatic rings. The summed E-state index contributed by atoms with van der Waals surface area (Å²) in [6.07, 6.45) is 0. The second kappa shape index (κ2) is 3.20. The van der Waals surface area contributed by atoms with Crippen LogP contribution in [0.3, 0.4) is 0 Å². The van der Waals surface area contributed by atoms with Crippen LogP contribution in [0.1, 0.15) is 5.56 Å². The Kier molecular flexibility index (Phi) is 2.12. The van der Waals surface area contributed by atoms with Crippen molar-refractivity contribution < 1.29 is 17.9 Å². The highest BCUT2D eigenvalue weighted by Crippen LogP contribution is 2.33. The molecule has 78 valence electrons. The fraction of sp³-hybridized carbons (Fsp3) is 0.100. The Morgan fingerprint density at radius 2 is 1.93 bits per heavy atom. The number of carbonyl (C=O) groups is 1. The molecule has 1 heterocycles. The molecule has 0 saturated heterocycles. The van der Waals surface area contributed by atoms with Crippen molar-refractivity contribution in [1.29, 1.82) is 0 Å². The van der Waals surface area contributed by atoms with E-state index in [1.54, 1.807) is 18.2 Å². The Bertz CT molecular complexity index is 555. The molecular formula is C10H8O4S. The summed E-state index contributed by atoms with van der Waals surface area (Å²) >= 11 is 0. The van der Waals surface area contributed by atoms with Crippen molar-refractivity contribution in [3.05, 3.63) is 35.2 Å². The number of carbonyl (C=O) groups excluding carboxylic acids is 1. The summed E-state index contributed by atoms with van der Waals surface area (Å²) in [5.74, 6) is -0.636. The van der Waals surface area contributed by atoms with Gasteiger partial charge in [0.1, 0.15) is 0 Å². The van der Waals surface area contributed by atoms with Gasteiger partial charge in [-0.1, -0.05) is 18.2 Å². The number of hydrogen-bond acceptors (Lipinski definition) is 4. The minimum Gasteiger partial charge on any atom is -0.465 e. The number of methoxy groups -OCH3 is 1. The number of esters is 1. The van der Waals surface area contributed by atoms with Gasteiger partial charge in [-0.3, -0.25) is 0 Å². The molecule has 0 spiro atoms. The van der Waals surface area contributed by atoms with Crippen molar-refractivity contribution in [2.45, 2.75) is 4.90 Å². The van der Waals surface area contributed by atoms with Crippen molar-refractivity contribution in [3.63, 3.8) is 0 Å². The zero-order valence-corrected chi connectivity index (χ0v) is 8.74. The molecule has 1 aromatic carbocycles. The first-order valence-electron chi connectivity index (χ1n) is 4.21. The Balaban J connectivity index is 2.69. The second-order valence-corrected chi connectivity index (χ2v) is 4.83. The van der Waals surface area contributed by atoms with Gasteiger partial charge >= 0.3 is 5.97 Å². The molecule has 0 N–H and O–H groups in total. The van der Waals surface area contributed by atoms with Crippen molar-refractivity contribution >= 4 is 21.4 Å². The van der Waals surface area contributed by atoms with Crippen molar-refractivity contribution in [3.8, 4) is 0 Å². The lowest BCUT2D eigenvalue weighted by atomic mass is 10.1. The second-order valence-electron chi connectivity index (χ2n) is 3.06. The van der Waals surface area contributed by atoms with Crippen molar-refractivity contribution in [2.75, 3.05) is 7.11 Å². The lowest BCUT2D eigenvalue weighted by molar-refractivity contribution is -0.133. The largest absolute Gasteiger partial charge is 0.465 e. The average Bonchev–Trinajstić information content (AvgIpc) is 2.51. The van der Waals surface area contributed by atoms with Gasteiger partial charge in [-0.15, -0.1) is 0 Å². The molecule has 2 rings (SSSR count). The van der Waals surface area contributed by atoms with Crippen molar-refractivity contribution in [2.24, 2.45) is 0 Å². The first-order valence-corrected chi connectivity index (χ1v) is 5.75. The van der Waals surface area contributed by atoms with E-state index in [1.165, 1.54) is 13.2 Å². The SMILES string of the molecule is COC(=O)C1=CS(=O)(=O)c2ccccc21. The van der Waals surface area contributed by atoms with Crippen LogP contribution < -0.4 is 0 Å². The quantitative estimate of drug-likeness (QED) is 0.667. The Morgan fingerprint density at radius 3 is 2.60 bits per heavy atom. The van der Waals surface area contributed by atoms with Gasteiger partial charge in [0.05, 0.1) is 23.0 Å². The molecule has 0 fully saturated rings. The maximum atomic E-state index is 11.6. The predicted octanol–water partition coefficient (Wildman–Crippen LogP) is 0.988. The van der Waals surface area contributed by atoms with Crippen LogP contribution in [-0.2, 0) is 19.4 Å². The maximum absolute atomic E-state index is 11.6. The van der Waals surface area contributed by atoms with E-state index in [0.717, 1.165) is 5.41 Å². The number of rotatable bonds is 1. The molecule has 0 aliphatic carbocycles. The molecule has 5 heteroatoms. The molecule has 15 heavy (non-hydrogen) atoms. The summed E-state index contributed by atoms with van der Waals surface area (Å²) in [4.78, 5) is 11.5. The molecule has 0 saturated carbocycles. The Labute approximate surface area is 87.1 Å². The Hall–Kier alpha value is -1.62. The minimum atomic E-state index is -3.47. The molecule has 1 aliphatic heterocycles. The summed E-state index contributed by atoms with van der Waals surface area (Å²) in [6, 6.07) is 6.35.